The van der Waals surface area contributed by atoms with Crippen molar-refractivity contribution in [2.24, 2.45) is 0 Å². The van der Waals surface area contributed by atoms with E-state index in [0.717, 1.165) is 11.6 Å². The Kier molecular flexibility index (Phi) is 7.25. The normalized spacial score (nSPS) is 11.2. The van der Waals surface area contributed by atoms with E-state index in [0.29, 0.717) is 0 Å². The average Bonchev–Trinajstić information content (AvgIpc) is 2.71. The topological polar surface area (TPSA) is 133 Å². The summed E-state index contributed by atoms with van der Waals surface area (Å²) in [5, 5.41) is 23.6. The van der Waals surface area contributed by atoms with Crippen LogP contribution in [0.3, 0.4) is 0 Å². The zero-order valence-electron chi connectivity index (χ0n) is 15.4. The summed E-state index contributed by atoms with van der Waals surface area (Å²) in [6.07, 6.45) is 1.51. The number of rotatable bonds is 9. The molecule has 2 aromatic rings. The Morgan fingerprint density at radius 3 is 2.24 bits per heavy atom. The molecule has 2 amide bonds. The van der Waals surface area contributed by atoms with Gasteiger partial charge in [-0.25, -0.2) is 9.59 Å². The molecular formula is C21H20N2O6. The zero-order chi connectivity index (χ0) is 21.4. The summed E-state index contributed by atoms with van der Waals surface area (Å²) in [7, 11) is 0. The second kappa shape index (κ2) is 9.84. The summed E-state index contributed by atoms with van der Waals surface area (Å²) in [5.41, 5.74) is 0.173. The van der Waals surface area contributed by atoms with Crippen molar-refractivity contribution < 1.29 is 29.4 Å². The molecule has 0 aliphatic heterocycles. The number of hydrogen-bond donors (Lipinski definition) is 4. The van der Waals surface area contributed by atoms with Gasteiger partial charge in [-0.1, -0.05) is 36.4 Å². The Hall–Kier alpha value is -3.94. The maximum atomic E-state index is 12.5. The van der Waals surface area contributed by atoms with Crippen molar-refractivity contribution in [1.82, 2.24) is 10.6 Å². The highest BCUT2D eigenvalue weighted by molar-refractivity contribution is 6.07. The minimum Gasteiger partial charge on any atom is -0.480 e. The standard InChI is InChI=1S/C21H20N2O6/c1-2-10-22-19(25)15-9-8-14(12-16(15)20(26)27)18(24)23-17(21(28)29)11-13-6-4-3-5-7-13/h2-9,12,17H,1,10-11H2,(H,22,25)(H,23,24)(H,26,27)(H,28,29)/t17-/m0/s1. The SMILES string of the molecule is C=CCNC(=O)c1ccc(C(=O)N[C@@H](Cc2ccccc2)C(=O)O)cc1C(=O)O. The first-order chi connectivity index (χ1) is 13.8. The largest absolute Gasteiger partial charge is 0.480 e. The van der Waals surface area contributed by atoms with Crippen LogP contribution in [0, 0.1) is 0 Å². The van der Waals surface area contributed by atoms with Crippen LogP contribution in [0.2, 0.25) is 0 Å². The van der Waals surface area contributed by atoms with E-state index in [-0.39, 0.29) is 29.7 Å². The molecule has 0 aliphatic rings. The second-order valence-electron chi connectivity index (χ2n) is 6.12. The van der Waals surface area contributed by atoms with Crippen molar-refractivity contribution in [3.63, 3.8) is 0 Å². The van der Waals surface area contributed by atoms with Gasteiger partial charge >= 0.3 is 11.9 Å². The fourth-order valence-corrected chi connectivity index (χ4v) is 2.61. The molecule has 2 aromatic carbocycles. The van der Waals surface area contributed by atoms with Crippen LogP contribution in [0.5, 0.6) is 0 Å². The lowest BCUT2D eigenvalue weighted by Crippen LogP contribution is -2.42. The Morgan fingerprint density at radius 2 is 1.66 bits per heavy atom. The summed E-state index contributed by atoms with van der Waals surface area (Å²) < 4.78 is 0. The Labute approximate surface area is 166 Å². The van der Waals surface area contributed by atoms with Crippen LogP contribution in [-0.4, -0.2) is 46.6 Å². The van der Waals surface area contributed by atoms with E-state index in [1.165, 1.54) is 18.2 Å². The number of nitrogens with one attached hydrogen (secondary N) is 2. The van der Waals surface area contributed by atoms with Crippen LogP contribution in [0.4, 0.5) is 0 Å². The van der Waals surface area contributed by atoms with Crippen LogP contribution in [0.1, 0.15) is 36.6 Å². The van der Waals surface area contributed by atoms with Crippen LogP contribution < -0.4 is 10.6 Å². The first-order valence-electron chi connectivity index (χ1n) is 8.67. The predicted molar refractivity (Wildman–Crippen MR) is 105 cm³/mol. The zero-order valence-corrected chi connectivity index (χ0v) is 15.4. The van der Waals surface area contributed by atoms with Gasteiger partial charge in [0.1, 0.15) is 6.04 Å². The number of carbonyl (C=O) groups excluding carboxylic acids is 2. The number of carboxylic acids is 2. The summed E-state index contributed by atoms with van der Waals surface area (Å²) in [6.45, 7) is 3.61. The number of benzene rings is 2. The lowest BCUT2D eigenvalue weighted by Gasteiger charge is -2.15. The van der Waals surface area contributed by atoms with Crippen molar-refractivity contribution in [2.75, 3.05) is 6.54 Å². The number of aromatic carboxylic acids is 1. The van der Waals surface area contributed by atoms with Crippen molar-refractivity contribution in [3.8, 4) is 0 Å². The fraction of sp³-hybridized carbons (Fsp3) is 0.143. The third-order valence-electron chi connectivity index (χ3n) is 4.05. The molecule has 0 aliphatic carbocycles. The van der Waals surface area contributed by atoms with E-state index in [2.05, 4.69) is 17.2 Å². The maximum absolute atomic E-state index is 12.5. The number of amides is 2. The molecular weight excluding hydrogens is 376 g/mol. The van der Waals surface area contributed by atoms with Crippen LogP contribution in [0.25, 0.3) is 0 Å². The van der Waals surface area contributed by atoms with Crippen molar-refractivity contribution >= 4 is 23.8 Å². The van der Waals surface area contributed by atoms with E-state index in [1.807, 2.05) is 0 Å². The predicted octanol–water partition coefficient (Wildman–Crippen LogP) is 1.73. The van der Waals surface area contributed by atoms with Gasteiger partial charge in [-0.05, 0) is 23.8 Å². The monoisotopic (exact) mass is 396 g/mol. The average molecular weight is 396 g/mol. The van der Waals surface area contributed by atoms with E-state index < -0.39 is 29.8 Å². The van der Waals surface area contributed by atoms with E-state index in [9.17, 15) is 29.4 Å². The molecule has 0 heterocycles. The molecule has 8 heteroatoms. The molecule has 0 spiro atoms. The second-order valence-corrected chi connectivity index (χ2v) is 6.12. The van der Waals surface area contributed by atoms with Gasteiger partial charge in [-0.15, -0.1) is 6.58 Å². The van der Waals surface area contributed by atoms with Gasteiger partial charge in [0, 0.05) is 18.5 Å². The van der Waals surface area contributed by atoms with Gasteiger partial charge in [0.05, 0.1) is 11.1 Å². The summed E-state index contributed by atoms with van der Waals surface area (Å²) in [5.74, 6) is -3.99. The molecule has 2 rings (SSSR count). The molecule has 0 fully saturated rings. The van der Waals surface area contributed by atoms with E-state index in [1.54, 1.807) is 30.3 Å². The number of carboxylic acid groups (broad SMARTS) is 2. The molecule has 0 bridgehead atoms. The molecule has 0 aromatic heterocycles. The van der Waals surface area contributed by atoms with Gasteiger partial charge in [-0.3, -0.25) is 9.59 Å². The minimum absolute atomic E-state index is 0.0652. The summed E-state index contributed by atoms with van der Waals surface area (Å²) in [4.78, 5) is 47.6. The number of carbonyl (C=O) groups is 4. The quantitative estimate of drug-likeness (QED) is 0.477. The Balaban J connectivity index is 2.23. The van der Waals surface area contributed by atoms with E-state index in [4.69, 9.17) is 0 Å². The Morgan fingerprint density at radius 1 is 0.966 bits per heavy atom. The molecule has 150 valence electrons. The molecule has 8 nitrogen and oxygen atoms in total. The Bertz CT molecular complexity index is 939. The molecule has 0 saturated heterocycles. The lowest BCUT2D eigenvalue weighted by molar-refractivity contribution is -0.139. The van der Waals surface area contributed by atoms with E-state index >= 15 is 0 Å². The molecule has 0 radical (unpaired) electrons. The third kappa shape index (κ3) is 5.77. The van der Waals surface area contributed by atoms with Crippen molar-refractivity contribution in [3.05, 3.63) is 83.4 Å². The van der Waals surface area contributed by atoms with Crippen molar-refractivity contribution in [1.29, 1.82) is 0 Å². The summed E-state index contributed by atoms with van der Waals surface area (Å²) >= 11 is 0. The highest BCUT2D eigenvalue weighted by atomic mass is 16.4. The maximum Gasteiger partial charge on any atom is 0.336 e. The first-order valence-corrected chi connectivity index (χ1v) is 8.67. The van der Waals surface area contributed by atoms with Crippen LogP contribution in [0.15, 0.2) is 61.2 Å². The number of hydrogen-bond acceptors (Lipinski definition) is 4. The molecule has 0 saturated carbocycles. The van der Waals surface area contributed by atoms with Gasteiger partial charge in [0.15, 0.2) is 0 Å². The van der Waals surface area contributed by atoms with Gasteiger partial charge < -0.3 is 20.8 Å². The summed E-state index contributed by atoms with van der Waals surface area (Å²) in [6, 6.07) is 11.1. The third-order valence-corrected chi connectivity index (χ3v) is 4.05. The number of aliphatic carboxylic acids is 1. The lowest BCUT2D eigenvalue weighted by atomic mass is 10.0. The highest BCUT2D eigenvalue weighted by Crippen LogP contribution is 2.14. The van der Waals surface area contributed by atoms with Gasteiger partial charge in [0.2, 0.25) is 0 Å². The smallest absolute Gasteiger partial charge is 0.336 e. The minimum atomic E-state index is -1.39. The van der Waals surface area contributed by atoms with Crippen molar-refractivity contribution in [2.45, 2.75) is 12.5 Å². The molecule has 0 unspecified atom stereocenters. The molecule has 29 heavy (non-hydrogen) atoms. The molecule has 1 atom stereocenters. The van der Waals surface area contributed by atoms with Crippen LogP contribution >= 0.6 is 0 Å². The fourth-order valence-electron chi connectivity index (χ4n) is 2.61. The van der Waals surface area contributed by atoms with Gasteiger partial charge in [-0.2, -0.15) is 0 Å². The highest BCUT2D eigenvalue weighted by Gasteiger charge is 2.23. The van der Waals surface area contributed by atoms with Crippen LogP contribution in [-0.2, 0) is 11.2 Å². The first kappa shape index (κ1) is 21.4. The van der Waals surface area contributed by atoms with Gasteiger partial charge in [0.25, 0.3) is 11.8 Å². The molecule has 4 N–H and O–H groups in total.